The normalized spacial score (nSPS) is 10.4. The fourth-order valence-corrected chi connectivity index (χ4v) is 1.30. The average Bonchev–Trinajstić information content (AvgIpc) is 2.25. The molecule has 0 aliphatic heterocycles. The van der Waals surface area contributed by atoms with E-state index in [0.29, 0.717) is 16.3 Å². The number of benzene rings is 1. The van der Waals surface area contributed by atoms with Crippen molar-refractivity contribution in [1.29, 1.82) is 0 Å². The Morgan fingerprint density at radius 3 is 2.62 bits per heavy atom. The third kappa shape index (κ3) is 3.10. The van der Waals surface area contributed by atoms with Gasteiger partial charge in [0.2, 0.25) is 0 Å². The molecular formula is C11H9ClO4. The second-order valence-electron chi connectivity index (χ2n) is 2.90. The van der Waals surface area contributed by atoms with Crippen molar-refractivity contribution in [2.24, 2.45) is 0 Å². The van der Waals surface area contributed by atoms with Crippen LogP contribution >= 0.6 is 11.6 Å². The molecule has 5 heteroatoms. The number of carboxylic acids is 1. The van der Waals surface area contributed by atoms with Gasteiger partial charge in [0.15, 0.2) is 0 Å². The van der Waals surface area contributed by atoms with Crippen LogP contribution < -0.4 is 4.74 Å². The Balaban J connectivity index is 2.87. The van der Waals surface area contributed by atoms with E-state index in [4.69, 9.17) is 21.4 Å². The summed E-state index contributed by atoms with van der Waals surface area (Å²) in [6, 6.07) is 4.87. The Morgan fingerprint density at radius 1 is 1.44 bits per heavy atom. The van der Waals surface area contributed by atoms with E-state index in [0.717, 1.165) is 6.08 Å². The molecule has 1 rings (SSSR count). The number of carbonyl (C=O) groups excluding carboxylic acids is 1. The molecule has 84 valence electrons. The molecule has 0 aliphatic rings. The molecule has 0 amide bonds. The molecule has 0 aromatic heterocycles. The van der Waals surface area contributed by atoms with Gasteiger partial charge >= 0.3 is 5.97 Å². The number of halogens is 1. The number of hydrogen-bond acceptors (Lipinski definition) is 3. The van der Waals surface area contributed by atoms with E-state index >= 15 is 0 Å². The van der Waals surface area contributed by atoms with Gasteiger partial charge in [-0.25, -0.2) is 4.79 Å². The molecule has 1 N–H and O–H groups in total. The maximum absolute atomic E-state index is 10.8. The zero-order valence-electron chi connectivity index (χ0n) is 8.44. The third-order valence-electron chi connectivity index (χ3n) is 1.81. The van der Waals surface area contributed by atoms with Crippen molar-refractivity contribution in [3.05, 3.63) is 34.9 Å². The minimum Gasteiger partial charge on any atom is -0.495 e. The first-order chi connectivity index (χ1) is 7.54. The van der Waals surface area contributed by atoms with Crippen LogP contribution in [0.3, 0.4) is 0 Å². The highest BCUT2D eigenvalue weighted by Crippen LogP contribution is 2.25. The highest BCUT2D eigenvalue weighted by atomic mass is 35.5. The number of carbonyl (C=O) groups is 2. The molecule has 0 saturated heterocycles. The molecule has 1 aromatic carbocycles. The first-order valence-electron chi connectivity index (χ1n) is 4.33. The number of rotatable bonds is 4. The first kappa shape index (κ1) is 12.3. The monoisotopic (exact) mass is 240 g/mol. The molecular weight excluding hydrogens is 232 g/mol. The lowest BCUT2D eigenvalue weighted by atomic mass is 10.2. The van der Waals surface area contributed by atoms with Crippen molar-refractivity contribution in [1.82, 2.24) is 0 Å². The zero-order chi connectivity index (χ0) is 12.1. The fourth-order valence-electron chi connectivity index (χ4n) is 1.03. The van der Waals surface area contributed by atoms with Gasteiger partial charge in [-0.2, -0.15) is 0 Å². The highest BCUT2D eigenvalue weighted by molar-refractivity contribution is 6.38. The summed E-state index contributed by atoms with van der Waals surface area (Å²) >= 11 is 5.85. The molecule has 0 atom stereocenters. The van der Waals surface area contributed by atoms with E-state index in [9.17, 15) is 9.59 Å². The Morgan fingerprint density at radius 2 is 2.12 bits per heavy atom. The molecule has 4 nitrogen and oxygen atoms in total. The number of aliphatic carboxylic acids is 1. The third-order valence-corrected chi connectivity index (χ3v) is 2.11. The van der Waals surface area contributed by atoms with Crippen molar-refractivity contribution >= 4 is 29.4 Å². The van der Waals surface area contributed by atoms with Crippen LogP contribution in [-0.2, 0) is 9.59 Å². The number of methoxy groups -OCH3 is 1. The fraction of sp³-hybridized carbons (Fsp3) is 0.0909. The highest BCUT2D eigenvalue weighted by Gasteiger charge is 2.06. The van der Waals surface area contributed by atoms with Crippen molar-refractivity contribution in [2.45, 2.75) is 0 Å². The predicted molar refractivity (Wildman–Crippen MR) is 59.7 cm³/mol. The van der Waals surface area contributed by atoms with Crippen molar-refractivity contribution in [2.75, 3.05) is 7.11 Å². The average molecular weight is 241 g/mol. The van der Waals surface area contributed by atoms with E-state index in [1.165, 1.54) is 13.2 Å². The van der Waals surface area contributed by atoms with E-state index in [2.05, 4.69) is 0 Å². The number of ketones is 1. The molecule has 0 heterocycles. The van der Waals surface area contributed by atoms with Gasteiger partial charge < -0.3 is 9.84 Å². The summed E-state index contributed by atoms with van der Waals surface area (Å²) in [5, 5.41) is 8.75. The quantitative estimate of drug-likeness (QED) is 0.646. The molecule has 16 heavy (non-hydrogen) atoms. The lowest BCUT2D eigenvalue weighted by Gasteiger charge is -2.02. The summed E-state index contributed by atoms with van der Waals surface area (Å²) in [6.45, 7) is 0. The van der Waals surface area contributed by atoms with Crippen LogP contribution in [0.2, 0.25) is 5.02 Å². The van der Waals surface area contributed by atoms with Gasteiger partial charge in [-0.05, 0) is 23.8 Å². The number of hydrogen-bond donors (Lipinski definition) is 1. The zero-order valence-corrected chi connectivity index (χ0v) is 9.19. The molecule has 1 aromatic rings. The van der Waals surface area contributed by atoms with Crippen molar-refractivity contribution in [3.8, 4) is 5.75 Å². The van der Waals surface area contributed by atoms with Crippen LogP contribution in [0.15, 0.2) is 24.3 Å². The van der Waals surface area contributed by atoms with Crippen LogP contribution in [0.5, 0.6) is 5.75 Å². The Hall–Kier alpha value is -1.81. The van der Waals surface area contributed by atoms with E-state index < -0.39 is 11.8 Å². The topological polar surface area (TPSA) is 63.6 Å². The Kier molecular flexibility index (Phi) is 4.08. The second kappa shape index (κ2) is 5.32. The van der Waals surface area contributed by atoms with Gasteiger partial charge in [0, 0.05) is 0 Å². The second-order valence-corrected chi connectivity index (χ2v) is 3.30. The van der Waals surface area contributed by atoms with Crippen molar-refractivity contribution in [3.63, 3.8) is 0 Å². The van der Waals surface area contributed by atoms with Gasteiger partial charge in [0.25, 0.3) is 5.78 Å². The largest absolute Gasteiger partial charge is 0.495 e. The standard InChI is InChI=1S/C11H9ClO4/c1-16-10-5-3-7(6-8(10)12)2-4-9(13)11(14)15/h2-6H,1H3,(H,14,15)/b4-2+. The molecule has 0 unspecified atom stereocenters. The van der Waals surface area contributed by atoms with Crippen LogP contribution in [0.4, 0.5) is 0 Å². The molecule has 0 radical (unpaired) electrons. The summed E-state index contributed by atoms with van der Waals surface area (Å²) in [5.41, 5.74) is 0.625. The van der Waals surface area contributed by atoms with Gasteiger partial charge in [0.05, 0.1) is 12.1 Å². The van der Waals surface area contributed by atoms with E-state index in [1.807, 2.05) is 0 Å². The van der Waals surface area contributed by atoms with E-state index in [-0.39, 0.29) is 0 Å². The van der Waals surface area contributed by atoms with Gasteiger partial charge in [-0.15, -0.1) is 0 Å². The van der Waals surface area contributed by atoms with Crippen molar-refractivity contribution < 1.29 is 19.4 Å². The molecule has 0 saturated carbocycles. The lowest BCUT2D eigenvalue weighted by Crippen LogP contribution is -2.08. The lowest BCUT2D eigenvalue weighted by molar-refractivity contribution is -0.146. The SMILES string of the molecule is COc1ccc(/C=C/C(=O)C(=O)O)cc1Cl. The first-order valence-corrected chi connectivity index (χ1v) is 4.71. The number of carboxylic acid groups (broad SMARTS) is 1. The van der Waals surface area contributed by atoms with Crippen LogP contribution in [-0.4, -0.2) is 24.0 Å². The van der Waals surface area contributed by atoms with Crippen LogP contribution in [0.1, 0.15) is 5.56 Å². The minimum absolute atomic E-state index is 0.396. The van der Waals surface area contributed by atoms with Gasteiger partial charge in [0.1, 0.15) is 5.75 Å². The van der Waals surface area contributed by atoms with Gasteiger partial charge in [-0.3, -0.25) is 4.79 Å². The molecule has 0 bridgehead atoms. The molecule has 0 fully saturated rings. The smallest absolute Gasteiger partial charge is 0.376 e. The maximum atomic E-state index is 10.8. The summed E-state index contributed by atoms with van der Waals surface area (Å²) in [4.78, 5) is 21.0. The van der Waals surface area contributed by atoms with Gasteiger partial charge in [-0.1, -0.05) is 23.7 Å². The Labute approximate surface area is 97.1 Å². The van der Waals surface area contributed by atoms with Crippen LogP contribution in [0.25, 0.3) is 6.08 Å². The summed E-state index contributed by atoms with van der Waals surface area (Å²) in [5.74, 6) is -1.95. The number of ether oxygens (including phenoxy) is 1. The molecule has 0 spiro atoms. The summed E-state index contributed by atoms with van der Waals surface area (Å²) in [6.07, 6.45) is 2.35. The summed E-state index contributed by atoms with van der Waals surface area (Å²) < 4.78 is 4.95. The maximum Gasteiger partial charge on any atom is 0.376 e. The molecule has 0 aliphatic carbocycles. The summed E-state index contributed by atoms with van der Waals surface area (Å²) in [7, 11) is 1.49. The minimum atomic E-state index is -1.49. The predicted octanol–water partition coefficient (Wildman–Crippen LogP) is 2.02. The Bertz CT molecular complexity index is 451. The van der Waals surface area contributed by atoms with Crippen LogP contribution in [0, 0.1) is 0 Å². The van der Waals surface area contributed by atoms with E-state index in [1.54, 1.807) is 18.2 Å².